The minimum Gasteiger partial charge on any atom is -0.494 e. The van der Waals surface area contributed by atoms with Crippen LogP contribution in [0.3, 0.4) is 0 Å². The molecule has 1 aliphatic rings. The van der Waals surface area contributed by atoms with Crippen LogP contribution in [0.5, 0.6) is 11.5 Å². The average molecular weight is 516 g/mol. The molecule has 2 N–H and O–H groups in total. The van der Waals surface area contributed by atoms with Crippen LogP contribution < -0.4 is 29.9 Å². The molecule has 10 nitrogen and oxygen atoms in total. The number of likely N-dealkylation sites (N-methyl/N-ethyl adjacent to an activating group) is 2. The summed E-state index contributed by atoms with van der Waals surface area (Å²) in [7, 11) is 9.50. The Morgan fingerprint density at radius 1 is 1.16 bits per heavy atom. The van der Waals surface area contributed by atoms with Gasteiger partial charge in [-0.3, -0.25) is 4.79 Å². The number of benzene rings is 2. The van der Waals surface area contributed by atoms with Crippen molar-refractivity contribution in [1.29, 1.82) is 0 Å². The van der Waals surface area contributed by atoms with Gasteiger partial charge in [0.15, 0.2) is 11.6 Å². The summed E-state index contributed by atoms with van der Waals surface area (Å²) in [6.07, 6.45) is 2.93. The van der Waals surface area contributed by atoms with Gasteiger partial charge in [0, 0.05) is 45.0 Å². The predicted octanol–water partition coefficient (Wildman–Crippen LogP) is 4.32. The Bertz CT molecular complexity index is 1370. The van der Waals surface area contributed by atoms with E-state index in [1.807, 2.05) is 69.5 Å². The fourth-order valence-electron chi connectivity index (χ4n) is 3.96. The highest BCUT2D eigenvalue weighted by molar-refractivity contribution is 6.02. The Morgan fingerprint density at radius 2 is 1.95 bits per heavy atom. The van der Waals surface area contributed by atoms with Gasteiger partial charge in [0.1, 0.15) is 5.75 Å². The summed E-state index contributed by atoms with van der Waals surface area (Å²) in [5.41, 5.74) is 4.58. The van der Waals surface area contributed by atoms with Crippen LogP contribution in [0.1, 0.15) is 0 Å². The molecule has 3 aromatic rings. The van der Waals surface area contributed by atoms with Crippen molar-refractivity contribution in [3.63, 3.8) is 0 Å². The maximum atomic E-state index is 12.2. The Hall–Kier alpha value is -4.57. The average Bonchev–Trinajstić information content (AvgIpc) is 3.19. The highest BCUT2D eigenvalue weighted by Crippen LogP contribution is 2.40. The molecule has 38 heavy (non-hydrogen) atoms. The minimum atomic E-state index is -0.310. The number of aromatic nitrogens is 2. The van der Waals surface area contributed by atoms with Crippen molar-refractivity contribution in [2.45, 2.75) is 0 Å². The number of anilines is 5. The van der Waals surface area contributed by atoms with Gasteiger partial charge in [-0.25, -0.2) is 9.97 Å². The second-order valence-corrected chi connectivity index (χ2v) is 9.12. The summed E-state index contributed by atoms with van der Waals surface area (Å²) in [6.45, 7) is 9.08. The molecule has 0 aliphatic carbocycles. The summed E-state index contributed by atoms with van der Waals surface area (Å²) < 4.78 is 11.4. The number of amides is 1. The summed E-state index contributed by atoms with van der Waals surface area (Å²) in [4.78, 5) is 27.4. The van der Waals surface area contributed by atoms with E-state index in [1.54, 1.807) is 13.3 Å². The zero-order valence-corrected chi connectivity index (χ0v) is 22.4. The van der Waals surface area contributed by atoms with Crippen LogP contribution in [0.2, 0.25) is 0 Å². The van der Waals surface area contributed by atoms with E-state index in [2.05, 4.69) is 38.6 Å². The third-order valence-electron chi connectivity index (χ3n) is 6.17. The third kappa shape index (κ3) is 5.70. The fraction of sp³-hybridized carbons (Fsp3) is 0.250. The fourth-order valence-corrected chi connectivity index (χ4v) is 3.96. The van der Waals surface area contributed by atoms with Crippen LogP contribution in [0, 0.1) is 0 Å². The maximum Gasteiger partial charge on any atom is 0.247 e. The van der Waals surface area contributed by atoms with Gasteiger partial charge in [0.25, 0.3) is 0 Å². The van der Waals surface area contributed by atoms with Gasteiger partial charge >= 0.3 is 0 Å². The van der Waals surface area contributed by atoms with Crippen molar-refractivity contribution in [2.75, 3.05) is 68.8 Å². The molecule has 0 saturated carbocycles. The highest BCUT2D eigenvalue weighted by atomic mass is 16.5. The van der Waals surface area contributed by atoms with Crippen molar-refractivity contribution >= 4 is 34.6 Å². The molecule has 0 unspecified atom stereocenters. The van der Waals surface area contributed by atoms with Gasteiger partial charge in [-0.2, -0.15) is 0 Å². The number of nitrogens with zero attached hydrogens (tertiary/aromatic N) is 5. The molecule has 1 aromatic heterocycles. The van der Waals surface area contributed by atoms with E-state index in [-0.39, 0.29) is 5.91 Å². The number of carbonyl (C=O) groups excluding carboxylic acids is 1. The predicted molar refractivity (Wildman–Crippen MR) is 153 cm³/mol. The summed E-state index contributed by atoms with van der Waals surface area (Å²) >= 11 is 0. The number of rotatable bonds is 10. The Morgan fingerprint density at radius 3 is 2.66 bits per heavy atom. The van der Waals surface area contributed by atoms with Gasteiger partial charge in [-0.15, -0.1) is 0 Å². The minimum absolute atomic E-state index is 0.310. The molecule has 0 radical (unpaired) electrons. The zero-order chi connectivity index (χ0) is 27.4. The van der Waals surface area contributed by atoms with Crippen LogP contribution in [-0.2, 0) is 4.79 Å². The Labute approximate surface area is 223 Å². The molecule has 0 bridgehead atoms. The zero-order valence-electron chi connectivity index (χ0n) is 22.4. The second kappa shape index (κ2) is 11.2. The molecule has 0 atom stereocenters. The first kappa shape index (κ1) is 26.5. The molecule has 1 amide bonds. The lowest BCUT2D eigenvalue weighted by Gasteiger charge is -2.26. The molecule has 2 aromatic carbocycles. The first-order valence-electron chi connectivity index (χ1n) is 12.1. The number of carbonyl (C=O) groups is 1. The monoisotopic (exact) mass is 515 g/mol. The lowest BCUT2D eigenvalue weighted by molar-refractivity contribution is -0.111. The summed E-state index contributed by atoms with van der Waals surface area (Å²) in [5.74, 6) is 1.98. The number of fused-ring (bicyclic) bond motifs is 1. The molecular weight excluding hydrogens is 482 g/mol. The molecule has 198 valence electrons. The van der Waals surface area contributed by atoms with Gasteiger partial charge < -0.3 is 34.8 Å². The third-order valence-corrected chi connectivity index (χ3v) is 6.17. The van der Waals surface area contributed by atoms with Crippen molar-refractivity contribution in [2.24, 2.45) is 0 Å². The molecule has 0 saturated heterocycles. The smallest absolute Gasteiger partial charge is 0.247 e. The number of hydrogen-bond donors (Lipinski definition) is 2. The van der Waals surface area contributed by atoms with Crippen LogP contribution in [0.25, 0.3) is 11.3 Å². The van der Waals surface area contributed by atoms with Crippen LogP contribution in [-0.4, -0.2) is 69.2 Å². The Kier molecular flexibility index (Phi) is 7.82. The standard InChI is InChI=1S/C28H33N7O3/c1-8-27(36)30-21-16-22(26(37-7)17-23(21)34(5)14-13-33(3)4)32-28-29-12-11-20(31-28)19-9-10-25-24(15-19)35(6)18(2)38-25/h8-12,15-17H,1-2,13-14H2,3-7H3,(H,30,36)(H,29,31,32). The molecule has 2 heterocycles. The van der Waals surface area contributed by atoms with Crippen LogP contribution >= 0.6 is 0 Å². The van der Waals surface area contributed by atoms with Crippen molar-refractivity contribution < 1.29 is 14.3 Å². The van der Waals surface area contributed by atoms with E-state index in [0.29, 0.717) is 29.0 Å². The van der Waals surface area contributed by atoms with Gasteiger partial charge in [0.05, 0.1) is 35.6 Å². The number of methoxy groups -OCH3 is 1. The Balaban J connectivity index is 1.66. The van der Waals surface area contributed by atoms with Crippen molar-refractivity contribution in [1.82, 2.24) is 14.9 Å². The van der Waals surface area contributed by atoms with Crippen molar-refractivity contribution in [3.05, 3.63) is 67.7 Å². The molecular formula is C28H33N7O3. The van der Waals surface area contributed by atoms with Crippen LogP contribution in [0.4, 0.5) is 28.7 Å². The van der Waals surface area contributed by atoms with Gasteiger partial charge in [-0.1, -0.05) is 6.58 Å². The molecule has 0 spiro atoms. The second-order valence-electron chi connectivity index (χ2n) is 9.12. The van der Waals surface area contributed by atoms with E-state index in [9.17, 15) is 4.79 Å². The normalized spacial score (nSPS) is 12.2. The highest BCUT2D eigenvalue weighted by Gasteiger charge is 2.22. The SMILES string of the molecule is C=CC(=O)Nc1cc(Nc2nccc(-c3ccc4c(c3)N(C)C(=C)O4)n2)c(OC)cc1N(C)CCN(C)C. The van der Waals surface area contributed by atoms with Crippen LogP contribution in [0.15, 0.2) is 67.7 Å². The van der Waals surface area contributed by atoms with E-state index < -0.39 is 0 Å². The van der Waals surface area contributed by atoms with Gasteiger partial charge in [0.2, 0.25) is 11.9 Å². The van der Waals surface area contributed by atoms with Gasteiger partial charge in [-0.05, 0) is 57.1 Å². The number of nitrogens with one attached hydrogen (secondary N) is 2. The van der Waals surface area contributed by atoms with E-state index in [1.165, 1.54) is 6.08 Å². The lowest BCUT2D eigenvalue weighted by atomic mass is 10.1. The first-order chi connectivity index (χ1) is 18.2. The molecule has 1 aliphatic heterocycles. The molecule has 10 heteroatoms. The quantitative estimate of drug-likeness (QED) is 0.383. The summed E-state index contributed by atoms with van der Waals surface area (Å²) in [5, 5.41) is 6.15. The first-order valence-corrected chi connectivity index (χ1v) is 12.1. The molecule has 0 fully saturated rings. The number of hydrogen-bond acceptors (Lipinski definition) is 9. The van der Waals surface area contributed by atoms with E-state index >= 15 is 0 Å². The largest absolute Gasteiger partial charge is 0.494 e. The topological polar surface area (TPSA) is 95.1 Å². The van der Waals surface area contributed by atoms with E-state index in [0.717, 1.165) is 41.5 Å². The maximum absolute atomic E-state index is 12.2. The lowest BCUT2D eigenvalue weighted by Crippen LogP contribution is -2.29. The molecule has 4 rings (SSSR count). The summed E-state index contributed by atoms with van der Waals surface area (Å²) in [6, 6.07) is 11.4. The van der Waals surface area contributed by atoms with E-state index in [4.69, 9.17) is 14.5 Å². The number of ether oxygens (including phenoxy) is 2. The van der Waals surface area contributed by atoms with Crippen molar-refractivity contribution in [3.8, 4) is 22.8 Å².